The van der Waals surface area contributed by atoms with E-state index in [1.807, 2.05) is 24.3 Å². The number of aliphatic hydroxyl groups is 1. The van der Waals surface area contributed by atoms with Gasteiger partial charge in [0.2, 0.25) is 0 Å². The second-order valence-corrected chi connectivity index (χ2v) is 5.08. The lowest BCUT2D eigenvalue weighted by Gasteiger charge is -2.28. The van der Waals surface area contributed by atoms with Gasteiger partial charge in [-0.3, -0.25) is 4.79 Å². The number of para-hydroxylation sites is 1. The van der Waals surface area contributed by atoms with Crippen molar-refractivity contribution in [3.63, 3.8) is 0 Å². The lowest BCUT2D eigenvalue weighted by Crippen LogP contribution is -2.45. The van der Waals surface area contributed by atoms with Crippen LogP contribution < -0.4 is 5.32 Å². The second kappa shape index (κ2) is 5.05. The molecule has 1 aromatic heterocycles. The first-order valence-electron chi connectivity index (χ1n) is 6.71. The molecule has 1 saturated carbocycles. The normalized spacial score (nSPS) is 23.4. The minimum absolute atomic E-state index is 0.144. The number of aliphatic hydroxyl groups excluding tert-OH is 1. The number of fused-ring (bicyclic) bond motifs is 1. The lowest BCUT2D eigenvalue weighted by molar-refractivity contribution is 0.0718. The Kier molecular flexibility index (Phi) is 3.25. The monoisotopic (exact) mass is 259 g/mol. The number of hydrogen-bond donors (Lipinski definition) is 2. The number of hydrogen-bond acceptors (Lipinski definition) is 3. The number of furan rings is 1. The molecule has 0 bridgehead atoms. The number of nitrogens with one attached hydrogen (secondary N) is 1. The average molecular weight is 259 g/mol. The number of amides is 1. The molecule has 1 amide bonds. The number of carbonyl (C=O) groups is 1. The maximum atomic E-state index is 12.3. The molecular weight excluding hydrogens is 242 g/mol. The molecule has 2 N–H and O–H groups in total. The van der Waals surface area contributed by atoms with Gasteiger partial charge in [0.25, 0.3) is 5.91 Å². The SMILES string of the molecule is O=C(N[C@@H]1CCCC[C@H]1O)c1coc2ccccc12. The van der Waals surface area contributed by atoms with E-state index in [1.165, 1.54) is 6.26 Å². The predicted molar refractivity (Wildman–Crippen MR) is 71.9 cm³/mol. The van der Waals surface area contributed by atoms with Crippen LogP contribution in [0.2, 0.25) is 0 Å². The summed E-state index contributed by atoms with van der Waals surface area (Å²) in [7, 11) is 0. The van der Waals surface area contributed by atoms with E-state index in [0.29, 0.717) is 11.1 Å². The van der Waals surface area contributed by atoms with Crippen LogP contribution in [-0.4, -0.2) is 23.2 Å². The highest BCUT2D eigenvalue weighted by Crippen LogP contribution is 2.22. The van der Waals surface area contributed by atoms with Gasteiger partial charge >= 0.3 is 0 Å². The van der Waals surface area contributed by atoms with Gasteiger partial charge in [0.05, 0.1) is 17.7 Å². The fraction of sp³-hybridized carbons (Fsp3) is 0.400. The van der Waals surface area contributed by atoms with Crippen LogP contribution in [0.25, 0.3) is 11.0 Å². The smallest absolute Gasteiger partial charge is 0.255 e. The Bertz CT molecular complexity index is 590. The summed E-state index contributed by atoms with van der Waals surface area (Å²) >= 11 is 0. The van der Waals surface area contributed by atoms with Gasteiger partial charge in [-0.1, -0.05) is 31.0 Å². The Morgan fingerprint density at radius 2 is 2.05 bits per heavy atom. The highest BCUT2D eigenvalue weighted by atomic mass is 16.3. The standard InChI is InChI=1S/C15H17NO3/c17-13-7-3-2-6-12(13)16-15(18)11-9-19-14-8-4-1-5-10(11)14/h1,4-5,8-9,12-13,17H,2-3,6-7H2,(H,16,18)/t12-,13-/m1/s1. The molecule has 0 unspecified atom stereocenters. The van der Waals surface area contributed by atoms with E-state index in [4.69, 9.17) is 4.42 Å². The highest BCUT2D eigenvalue weighted by Gasteiger charge is 2.25. The average Bonchev–Trinajstić information content (AvgIpc) is 2.85. The third-order valence-electron chi connectivity index (χ3n) is 3.77. The molecule has 2 aromatic rings. The zero-order valence-corrected chi connectivity index (χ0v) is 10.6. The summed E-state index contributed by atoms with van der Waals surface area (Å²) in [5, 5.41) is 13.6. The van der Waals surface area contributed by atoms with E-state index in [2.05, 4.69) is 5.32 Å². The third-order valence-corrected chi connectivity index (χ3v) is 3.77. The molecule has 19 heavy (non-hydrogen) atoms. The van der Waals surface area contributed by atoms with Crippen LogP contribution in [0.15, 0.2) is 34.9 Å². The molecule has 4 nitrogen and oxygen atoms in total. The lowest BCUT2D eigenvalue weighted by atomic mass is 9.92. The van der Waals surface area contributed by atoms with E-state index in [0.717, 1.165) is 31.1 Å². The third kappa shape index (κ3) is 2.36. The number of rotatable bonds is 2. The van der Waals surface area contributed by atoms with Crippen LogP contribution in [0.5, 0.6) is 0 Å². The molecule has 0 radical (unpaired) electrons. The summed E-state index contributed by atoms with van der Waals surface area (Å²) in [5.41, 5.74) is 1.24. The summed E-state index contributed by atoms with van der Waals surface area (Å²) in [6.07, 6.45) is 4.72. The molecule has 1 aliphatic carbocycles. The Balaban J connectivity index is 1.80. The van der Waals surface area contributed by atoms with E-state index < -0.39 is 6.10 Å². The fourth-order valence-corrected chi connectivity index (χ4v) is 2.68. The van der Waals surface area contributed by atoms with Gasteiger partial charge in [-0.05, 0) is 18.9 Å². The first-order valence-corrected chi connectivity index (χ1v) is 6.71. The van der Waals surface area contributed by atoms with Gasteiger partial charge in [-0.25, -0.2) is 0 Å². The summed E-state index contributed by atoms with van der Waals surface area (Å²) in [4.78, 5) is 12.3. The molecule has 3 rings (SSSR count). The largest absolute Gasteiger partial charge is 0.463 e. The summed E-state index contributed by atoms with van der Waals surface area (Å²) in [6.45, 7) is 0. The summed E-state index contributed by atoms with van der Waals surface area (Å²) in [6, 6.07) is 7.31. The minimum atomic E-state index is -0.434. The Morgan fingerprint density at radius 3 is 2.89 bits per heavy atom. The van der Waals surface area contributed by atoms with Crippen LogP contribution in [0.1, 0.15) is 36.0 Å². The van der Waals surface area contributed by atoms with Gasteiger partial charge in [0.1, 0.15) is 11.8 Å². The van der Waals surface area contributed by atoms with Crippen molar-refractivity contribution in [1.29, 1.82) is 0 Å². The highest BCUT2D eigenvalue weighted by molar-refractivity contribution is 6.06. The number of benzene rings is 1. The molecule has 0 saturated heterocycles. The Labute approximate surface area is 111 Å². The minimum Gasteiger partial charge on any atom is -0.463 e. The van der Waals surface area contributed by atoms with E-state index >= 15 is 0 Å². The topological polar surface area (TPSA) is 62.5 Å². The number of carbonyl (C=O) groups excluding carboxylic acids is 1. The fourth-order valence-electron chi connectivity index (χ4n) is 2.68. The van der Waals surface area contributed by atoms with Crippen molar-refractivity contribution < 1.29 is 14.3 Å². The summed E-state index contributed by atoms with van der Waals surface area (Å²) in [5.74, 6) is -0.170. The van der Waals surface area contributed by atoms with Crippen molar-refractivity contribution in [2.45, 2.75) is 37.8 Å². The zero-order chi connectivity index (χ0) is 13.2. The molecule has 1 heterocycles. The van der Waals surface area contributed by atoms with Crippen molar-refractivity contribution in [2.75, 3.05) is 0 Å². The molecule has 100 valence electrons. The van der Waals surface area contributed by atoms with Gasteiger partial charge in [0.15, 0.2) is 0 Å². The molecule has 1 fully saturated rings. The Morgan fingerprint density at radius 1 is 1.26 bits per heavy atom. The van der Waals surface area contributed by atoms with Gasteiger partial charge in [0, 0.05) is 5.39 Å². The Hall–Kier alpha value is -1.81. The van der Waals surface area contributed by atoms with Crippen LogP contribution in [0.3, 0.4) is 0 Å². The maximum Gasteiger partial charge on any atom is 0.255 e. The molecule has 2 atom stereocenters. The van der Waals surface area contributed by atoms with Gasteiger partial charge < -0.3 is 14.8 Å². The first-order chi connectivity index (χ1) is 9.25. The zero-order valence-electron chi connectivity index (χ0n) is 10.6. The molecule has 4 heteroatoms. The van der Waals surface area contributed by atoms with Gasteiger partial charge in [-0.2, -0.15) is 0 Å². The molecular formula is C15H17NO3. The van der Waals surface area contributed by atoms with E-state index in [-0.39, 0.29) is 11.9 Å². The maximum absolute atomic E-state index is 12.3. The molecule has 1 aromatic carbocycles. The molecule has 0 aliphatic heterocycles. The molecule has 1 aliphatic rings. The van der Waals surface area contributed by atoms with E-state index in [9.17, 15) is 9.90 Å². The predicted octanol–water partition coefficient (Wildman–Crippen LogP) is 2.47. The van der Waals surface area contributed by atoms with Crippen molar-refractivity contribution >= 4 is 16.9 Å². The first kappa shape index (κ1) is 12.2. The van der Waals surface area contributed by atoms with Crippen molar-refractivity contribution in [3.8, 4) is 0 Å². The van der Waals surface area contributed by atoms with Crippen molar-refractivity contribution in [1.82, 2.24) is 5.32 Å². The van der Waals surface area contributed by atoms with Crippen LogP contribution in [0, 0.1) is 0 Å². The van der Waals surface area contributed by atoms with Crippen molar-refractivity contribution in [2.24, 2.45) is 0 Å². The van der Waals surface area contributed by atoms with Crippen LogP contribution in [0.4, 0.5) is 0 Å². The van der Waals surface area contributed by atoms with Gasteiger partial charge in [-0.15, -0.1) is 0 Å². The quantitative estimate of drug-likeness (QED) is 0.870. The van der Waals surface area contributed by atoms with E-state index in [1.54, 1.807) is 0 Å². The van der Waals surface area contributed by atoms with Crippen LogP contribution in [-0.2, 0) is 0 Å². The van der Waals surface area contributed by atoms with Crippen molar-refractivity contribution in [3.05, 3.63) is 36.1 Å². The van der Waals surface area contributed by atoms with Crippen LogP contribution >= 0.6 is 0 Å². The molecule has 0 spiro atoms. The second-order valence-electron chi connectivity index (χ2n) is 5.08. The summed E-state index contributed by atoms with van der Waals surface area (Å²) < 4.78 is 5.36.